The van der Waals surface area contributed by atoms with E-state index >= 15 is 0 Å². The van der Waals surface area contributed by atoms with E-state index in [-0.39, 0.29) is 11.8 Å². The lowest BCUT2D eigenvalue weighted by Crippen LogP contribution is -2.31. The Morgan fingerprint density at radius 1 is 1.20 bits per heavy atom. The zero-order chi connectivity index (χ0) is 18.1. The minimum absolute atomic E-state index is 0.0709. The monoisotopic (exact) mass is 376 g/mol. The Hall–Kier alpha value is -2.19. The van der Waals surface area contributed by atoms with Gasteiger partial charge in [-0.1, -0.05) is 53.4 Å². The molecule has 25 heavy (non-hydrogen) atoms. The van der Waals surface area contributed by atoms with Crippen molar-refractivity contribution in [2.75, 3.05) is 24.2 Å². The van der Waals surface area contributed by atoms with Crippen molar-refractivity contribution in [3.8, 4) is 0 Å². The van der Waals surface area contributed by atoms with Crippen molar-refractivity contribution in [3.05, 3.63) is 42.0 Å². The third-order valence-corrected chi connectivity index (χ3v) is 5.26. The summed E-state index contributed by atoms with van der Waals surface area (Å²) in [7, 11) is 0. The van der Waals surface area contributed by atoms with Gasteiger partial charge >= 0.3 is 0 Å². The number of carbonyl (C=O) groups excluding carboxylic acids is 2. The molecule has 1 heterocycles. The molecule has 0 fully saturated rings. The summed E-state index contributed by atoms with van der Waals surface area (Å²) in [6.45, 7) is 5.30. The van der Waals surface area contributed by atoms with Crippen LogP contribution in [-0.2, 0) is 9.59 Å². The molecular formula is C17H20N4O2S2. The van der Waals surface area contributed by atoms with Gasteiger partial charge in [-0.05, 0) is 25.5 Å². The van der Waals surface area contributed by atoms with Crippen LogP contribution in [0.1, 0.15) is 19.4 Å². The predicted molar refractivity (Wildman–Crippen MR) is 103 cm³/mol. The molecule has 2 aromatic rings. The average molecular weight is 377 g/mol. The zero-order valence-corrected chi connectivity index (χ0v) is 15.8. The van der Waals surface area contributed by atoms with Crippen LogP contribution in [0.3, 0.4) is 0 Å². The lowest BCUT2D eigenvalue weighted by Gasteiger charge is -2.17. The lowest BCUT2D eigenvalue weighted by atomic mass is 10.2. The standard InChI is InChI=1S/C17H20N4O2S2/c1-3-21(4-2)15(23)12-24-17-20-19-16(25-17)18-14(22)11-10-13-8-6-5-7-9-13/h5-11H,3-4,12H2,1-2H3,(H,18,19,22). The van der Waals surface area contributed by atoms with Crippen molar-refractivity contribution >= 4 is 46.1 Å². The van der Waals surface area contributed by atoms with E-state index in [0.29, 0.717) is 28.3 Å². The summed E-state index contributed by atoms with van der Waals surface area (Å²) in [5.41, 5.74) is 0.945. The molecule has 1 aromatic carbocycles. The molecule has 1 aromatic heterocycles. The van der Waals surface area contributed by atoms with Crippen LogP contribution in [-0.4, -0.2) is 45.8 Å². The number of thioether (sulfide) groups is 1. The maximum atomic E-state index is 12.0. The number of anilines is 1. The molecule has 0 saturated carbocycles. The number of benzene rings is 1. The van der Waals surface area contributed by atoms with Crippen molar-refractivity contribution in [3.63, 3.8) is 0 Å². The molecule has 2 amide bonds. The molecule has 0 atom stereocenters. The maximum absolute atomic E-state index is 12.0. The van der Waals surface area contributed by atoms with E-state index in [1.54, 1.807) is 11.0 Å². The molecule has 0 spiro atoms. The number of carbonyl (C=O) groups is 2. The smallest absolute Gasteiger partial charge is 0.250 e. The van der Waals surface area contributed by atoms with Gasteiger partial charge in [0.25, 0.3) is 0 Å². The van der Waals surface area contributed by atoms with Crippen LogP contribution < -0.4 is 5.32 Å². The topological polar surface area (TPSA) is 75.2 Å². The lowest BCUT2D eigenvalue weighted by molar-refractivity contribution is -0.128. The summed E-state index contributed by atoms with van der Waals surface area (Å²) < 4.78 is 0.655. The number of amides is 2. The third-order valence-electron chi connectivity index (χ3n) is 3.30. The van der Waals surface area contributed by atoms with Crippen molar-refractivity contribution < 1.29 is 9.59 Å². The highest BCUT2D eigenvalue weighted by atomic mass is 32.2. The van der Waals surface area contributed by atoms with E-state index in [2.05, 4.69) is 15.5 Å². The highest BCUT2D eigenvalue weighted by Crippen LogP contribution is 2.25. The number of rotatable bonds is 8. The summed E-state index contributed by atoms with van der Waals surface area (Å²) in [5.74, 6) is 0.121. The number of hydrogen-bond acceptors (Lipinski definition) is 6. The van der Waals surface area contributed by atoms with Gasteiger partial charge in [0, 0.05) is 19.2 Å². The molecule has 0 radical (unpaired) electrons. The van der Waals surface area contributed by atoms with Crippen molar-refractivity contribution in [1.29, 1.82) is 0 Å². The Morgan fingerprint density at radius 2 is 1.92 bits per heavy atom. The second kappa shape index (κ2) is 9.95. The molecular weight excluding hydrogens is 356 g/mol. The first-order valence-corrected chi connectivity index (χ1v) is 9.70. The molecule has 0 saturated heterocycles. The highest BCUT2D eigenvalue weighted by molar-refractivity contribution is 8.01. The first-order chi connectivity index (χ1) is 12.1. The molecule has 0 aliphatic heterocycles. The highest BCUT2D eigenvalue weighted by Gasteiger charge is 2.12. The largest absolute Gasteiger partial charge is 0.343 e. The maximum Gasteiger partial charge on any atom is 0.250 e. The predicted octanol–water partition coefficient (Wildman–Crippen LogP) is 3.15. The normalized spacial score (nSPS) is 10.8. The Kier molecular flexibility index (Phi) is 7.62. The first-order valence-electron chi connectivity index (χ1n) is 7.90. The summed E-state index contributed by atoms with van der Waals surface area (Å²) in [6, 6.07) is 9.56. The van der Waals surface area contributed by atoms with Gasteiger partial charge in [0.05, 0.1) is 5.75 Å². The van der Waals surface area contributed by atoms with Crippen LogP contribution in [0.5, 0.6) is 0 Å². The van der Waals surface area contributed by atoms with Gasteiger partial charge in [-0.25, -0.2) is 0 Å². The van der Waals surface area contributed by atoms with Crippen molar-refractivity contribution in [1.82, 2.24) is 15.1 Å². The summed E-state index contributed by atoms with van der Waals surface area (Å²) in [6.07, 6.45) is 3.18. The van der Waals surface area contributed by atoms with Gasteiger partial charge in [0.15, 0.2) is 4.34 Å². The van der Waals surface area contributed by atoms with Crippen LogP contribution in [0.15, 0.2) is 40.7 Å². The van der Waals surface area contributed by atoms with Crippen LogP contribution in [0, 0.1) is 0 Å². The molecule has 1 N–H and O–H groups in total. The van der Waals surface area contributed by atoms with Gasteiger partial charge < -0.3 is 4.90 Å². The fraction of sp³-hybridized carbons (Fsp3) is 0.294. The minimum Gasteiger partial charge on any atom is -0.343 e. The second-order valence-corrected chi connectivity index (χ2v) is 7.16. The molecule has 2 rings (SSSR count). The SMILES string of the molecule is CCN(CC)C(=O)CSc1nnc(NC(=O)C=Cc2ccccc2)s1. The first kappa shape index (κ1) is 19.1. The van der Waals surface area contributed by atoms with Crippen LogP contribution in [0.2, 0.25) is 0 Å². The van der Waals surface area contributed by atoms with E-state index in [1.807, 2.05) is 44.2 Å². The Bertz CT molecular complexity index is 727. The Balaban J connectivity index is 1.83. The van der Waals surface area contributed by atoms with E-state index in [1.165, 1.54) is 29.2 Å². The van der Waals surface area contributed by atoms with Gasteiger partial charge in [-0.15, -0.1) is 10.2 Å². The molecule has 0 aliphatic rings. The van der Waals surface area contributed by atoms with E-state index < -0.39 is 0 Å². The number of aromatic nitrogens is 2. The number of nitrogens with zero attached hydrogens (tertiary/aromatic N) is 3. The quantitative estimate of drug-likeness (QED) is 0.435. The van der Waals surface area contributed by atoms with E-state index in [0.717, 1.165) is 5.56 Å². The van der Waals surface area contributed by atoms with Gasteiger partial charge in [-0.2, -0.15) is 0 Å². The molecule has 0 bridgehead atoms. The summed E-state index contributed by atoms with van der Waals surface area (Å²) in [4.78, 5) is 25.6. The fourth-order valence-corrected chi connectivity index (χ4v) is 3.65. The molecule has 132 valence electrons. The molecule has 8 heteroatoms. The Morgan fingerprint density at radius 3 is 2.60 bits per heavy atom. The van der Waals surface area contributed by atoms with E-state index in [4.69, 9.17) is 0 Å². The van der Waals surface area contributed by atoms with Gasteiger partial charge in [0.1, 0.15) is 0 Å². The third kappa shape index (κ3) is 6.32. The number of nitrogens with one attached hydrogen (secondary N) is 1. The van der Waals surface area contributed by atoms with Crippen LogP contribution in [0.25, 0.3) is 6.08 Å². The van der Waals surface area contributed by atoms with Crippen LogP contribution in [0.4, 0.5) is 5.13 Å². The molecule has 0 unspecified atom stereocenters. The zero-order valence-electron chi connectivity index (χ0n) is 14.1. The van der Waals surface area contributed by atoms with Gasteiger partial charge in [-0.3, -0.25) is 14.9 Å². The van der Waals surface area contributed by atoms with E-state index in [9.17, 15) is 9.59 Å². The van der Waals surface area contributed by atoms with Crippen molar-refractivity contribution in [2.24, 2.45) is 0 Å². The molecule has 0 aliphatic carbocycles. The summed E-state index contributed by atoms with van der Waals surface area (Å²) in [5, 5.41) is 11.0. The second-order valence-electron chi connectivity index (χ2n) is 4.96. The minimum atomic E-state index is -0.268. The molecule has 6 nitrogen and oxygen atoms in total. The number of hydrogen-bond donors (Lipinski definition) is 1. The summed E-state index contributed by atoms with van der Waals surface area (Å²) >= 11 is 2.59. The van der Waals surface area contributed by atoms with Crippen LogP contribution >= 0.6 is 23.1 Å². The van der Waals surface area contributed by atoms with Crippen molar-refractivity contribution in [2.45, 2.75) is 18.2 Å². The Labute approximate surface area is 155 Å². The average Bonchev–Trinajstić information content (AvgIpc) is 3.07. The van der Waals surface area contributed by atoms with Gasteiger partial charge in [0.2, 0.25) is 16.9 Å². The fourth-order valence-electron chi connectivity index (χ4n) is 1.99.